The van der Waals surface area contributed by atoms with Crippen LogP contribution in [0.5, 0.6) is 0 Å². The van der Waals surface area contributed by atoms with Crippen LogP contribution in [-0.2, 0) is 0 Å². The molecule has 1 aromatic carbocycles. The van der Waals surface area contributed by atoms with Crippen LogP contribution in [0, 0.1) is 5.92 Å². The predicted octanol–water partition coefficient (Wildman–Crippen LogP) is 2.67. The molecule has 0 spiro atoms. The molecule has 0 saturated heterocycles. The largest absolute Gasteiger partial charge is 0.285 e. The van der Waals surface area contributed by atoms with Crippen LogP contribution in [0.15, 0.2) is 30.0 Å². The minimum Gasteiger partial charge on any atom is -0.285 e. The molecule has 2 N–H and O–H groups in total. The summed E-state index contributed by atoms with van der Waals surface area (Å²) in [7, 11) is 0. The van der Waals surface area contributed by atoms with Crippen molar-refractivity contribution in [1.82, 2.24) is 0 Å². The Morgan fingerprint density at radius 1 is 1.21 bits per heavy atom. The third-order valence-corrected chi connectivity index (χ3v) is 2.69. The van der Waals surface area contributed by atoms with E-state index in [0.29, 0.717) is 0 Å². The summed E-state index contributed by atoms with van der Waals surface area (Å²) < 4.78 is 0. The van der Waals surface area contributed by atoms with Crippen molar-refractivity contribution in [2.24, 2.45) is 5.92 Å². The second kappa shape index (κ2) is 3.97. The number of para-hydroxylation sites is 1. The van der Waals surface area contributed by atoms with Crippen LogP contribution in [0.3, 0.4) is 0 Å². The fourth-order valence-corrected chi connectivity index (χ4v) is 1.81. The first-order valence-electron chi connectivity index (χ1n) is 5.40. The summed E-state index contributed by atoms with van der Waals surface area (Å²) in [4.78, 5) is 0. The second-order valence-corrected chi connectivity index (χ2v) is 4.43. The number of fused-ring (bicyclic) bond motifs is 1. The van der Waals surface area contributed by atoms with E-state index in [0.717, 1.165) is 5.92 Å². The maximum atomic E-state index is 2.32. The van der Waals surface area contributed by atoms with Crippen molar-refractivity contribution in [1.29, 1.82) is 0 Å². The van der Waals surface area contributed by atoms with Crippen molar-refractivity contribution >= 4 is 11.8 Å². The monoisotopic (exact) mass is 188 g/mol. The number of nitrogens with two attached hydrogens (primary N) is 1. The van der Waals surface area contributed by atoms with Crippen molar-refractivity contribution in [3.8, 4) is 0 Å². The minimum atomic E-state index is 0.799. The first kappa shape index (κ1) is 9.47. The fourth-order valence-electron chi connectivity index (χ4n) is 1.81. The lowest BCUT2D eigenvalue weighted by Gasteiger charge is -2.02. The number of hydrogen-bond acceptors (Lipinski definition) is 0. The van der Waals surface area contributed by atoms with Crippen molar-refractivity contribution < 1.29 is 5.32 Å². The highest BCUT2D eigenvalue weighted by molar-refractivity contribution is 5.65. The summed E-state index contributed by atoms with van der Waals surface area (Å²) in [6, 6.07) is 8.59. The number of allylic oxidation sites excluding steroid dienone is 1. The van der Waals surface area contributed by atoms with Gasteiger partial charge in [-0.25, -0.2) is 0 Å². The topological polar surface area (TPSA) is 16.6 Å². The molecule has 74 valence electrons. The maximum Gasteiger partial charge on any atom is 0.141 e. The zero-order valence-electron chi connectivity index (χ0n) is 8.96. The Hall–Kier alpha value is -1.08. The van der Waals surface area contributed by atoms with Crippen LogP contribution in [0.1, 0.15) is 32.3 Å². The van der Waals surface area contributed by atoms with Crippen molar-refractivity contribution in [3.63, 3.8) is 0 Å². The molecule has 0 radical (unpaired) electrons. The molecule has 0 fully saturated rings. The average Bonchev–Trinajstić information content (AvgIpc) is 2.57. The van der Waals surface area contributed by atoms with E-state index in [2.05, 4.69) is 49.5 Å². The summed E-state index contributed by atoms with van der Waals surface area (Å²) >= 11 is 0. The second-order valence-electron chi connectivity index (χ2n) is 4.43. The predicted molar refractivity (Wildman–Crippen MR) is 60.1 cm³/mol. The third-order valence-electron chi connectivity index (χ3n) is 2.69. The van der Waals surface area contributed by atoms with E-state index in [-0.39, 0.29) is 0 Å². The Kier molecular flexibility index (Phi) is 2.69. The van der Waals surface area contributed by atoms with E-state index < -0.39 is 0 Å². The lowest BCUT2D eigenvalue weighted by molar-refractivity contribution is -0.515. The smallest absolute Gasteiger partial charge is 0.141 e. The van der Waals surface area contributed by atoms with Crippen LogP contribution in [-0.4, -0.2) is 0 Å². The lowest BCUT2D eigenvalue weighted by Crippen LogP contribution is -2.74. The summed E-state index contributed by atoms with van der Waals surface area (Å²) in [5.74, 6) is 0.799. The molecule has 0 unspecified atom stereocenters. The van der Waals surface area contributed by atoms with Crippen molar-refractivity contribution in [3.05, 3.63) is 35.5 Å². The molecule has 1 aliphatic rings. The summed E-state index contributed by atoms with van der Waals surface area (Å²) in [5.41, 5.74) is 4.25. The Labute approximate surface area is 85.8 Å². The molecule has 14 heavy (non-hydrogen) atoms. The van der Waals surface area contributed by atoms with Crippen LogP contribution >= 0.6 is 0 Å². The molecule has 1 heteroatoms. The molecule has 0 atom stereocenters. The minimum absolute atomic E-state index is 0.799. The van der Waals surface area contributed by atoms with Crippen LogP contribution < -0.4 is 5.32 Å². The average molecular weight is 188 g/mol. The van der Waals surface area contributed by atoms with E-state index in [9.17, 15) is 0 Å². The molecule has 1 nitrogen and oxygen atoms in total. The molecular formula is C13H18N+. The van der Waals surface area contributed by atoms with Gasteiger partial charge in [0.2, 0.25) is 0 Å². The van der Waals surface area contributed by atoms with Crippen molar-refractivity contribution in [2.75, 3.05) is 0 Å². The molecule has 2 rings (SSSR count). The Balaban J connectivity index is 2.01. The molecule has 1 heterocycles. The quantitative estimate of drug-likeness (QED) is 0.702. The molecular weight excluding hydrogens is 170 g/mol. The van der Waals surface area contributed by atoms with Crippen LogP contribution in [0.4, 0.5) is 5.69 Å². The lowest BCUT2D eigenvalue weighted by atomic mass is 10.1. The highest BCUT2D eigenvalue weighted by Crippen LogP contribution is 2.20. The van der Waals surface area contributed by atoms with Crippen molar-refractivity contribution in [2.45, 2.75) is 26.7 Å². The highest BCUT2D eigenvalue weighted by atomic mass is 14.9. The van der Waals surface area contributed by atoms with E-state index in [4.69, 9.17) is 0 Å². The van der Waals surface area contributed by atoms with Gasteiger partial charge in [0.05, 0.1) is 0 Å². The maximum absolute atomic E-state index is 2.32. The van der Waals surface area contributed by atoms with E-state index in [1.807, 2.05) is 0 Å². The number of benzene rings is 1. The summed E-state index contributed by atoms with van der Waals surface area (Å²) in [6.07, 6.45) is 4.82. The van der Waals surface area contributed by atoms with Gasteiger partial charge in [-0.05, 0) is 18.4 Å². The molecule has 0 bridgehead atoms. The Morgan fingerprint density at radius 3 is 2.71 bits per heavy atom. The van der Waals surface area contributed by atoms with Gasteiger partial charge in [-0.1, -0.05) is 26.0 Å². The van der Waals surface area contributed by atoms with Gasteiger partial charge in [-0.3, -0.25) is 5.32 Å². The van der Waals surface area contributed by atoms with Gasteiger partial charge in [0.25, 0.3) is 0 Å². The molecule has 0 saturated carbocycles. The van der Waals surface area contributed by atoms with Gasteiger partial charge in [0, 0.05) is 24.1 Å². The molecule has 0 aromatic heterocycles. The number of rotatable bonds is 3. The first-order chi connectivity index (χ1) is 6.75. The van der Waals surface area contributed by atoms with Gasteiger partial charge in [0.15, 0.2) is 0 Å². The van der Waals surface area contributed by atoms with E-state index in [1.165, 1.54) is 29.8 Å². The van der Waals surface area contributed by atoms with E-state index >= 15 is 0 Å². The van der Waals surface area contributed by atoms with Gasteiger partial charge in [-0.2, -0.15) is 0 Å². The van der Waals surface area contributed by atoms with Gasteiger partial charge >= 0.3 is 0 Å². The SMILES string of the molecule is CC(C)CCC1=Cc2ccccc2[NH2+]1. The number of hydrogen-bond donors (Lipinski definition) is 1. The molecule has 1 aliphatic heterocycles. The van der Waals surface area contributed by atoms with Gasteiger partial charge in [0.1, 0.15) is 11.4 Å². The molecule has 0 aliphatic carbocycles. The fraction of sp³-hybridized carbons (Fsp3) is 0.385. The standard InChI is InChI=1S/C13H17N/c1-10(2)7-8-12-9-11-5-3-4-6-13(11)14-12/h3-6,9-10,14H,7-8H2,1-2H3/p+1. The van der Waals surface area contributed by atoms with Crippen LogP contribution in [0.2, 0.25) is 0 Å². The zero-order valence-corrected chi connectivity index (χ0v) is 8.96. The zero-order chi connectivity index (χ0) is 9.97. The summed E-state index contributed by atoms with van der Waals surface area (Å²) in [6.45, 7) is 4.56. The molecule has 0 amide bonds. The van der Waals surface area contributed by atoms with Gasteiger partial charge < -0.3 is 0 Å². The third kappa shape index (κ3) is 2.05. The van der Waals surface area contributed by atoms with E-state index in [1.54, 1.807) is 0 Å². The normalized spacial score (nSPS) is 14.4. The molecule has 1 aromatic rings. The summed E-state index contributed by atoms with van der Waals surface area (Å²) in [5, 5.41) is 2.32. The Morgan fingerprint density at radius 2 is 2.00 bits per heavy atom. The first-order valence-corrected chi connectivity index (χ1v) is 5.40. The highest BCUT2D eigenvalue weighted by Gasteiger charge is 2.15. The number of quaternary nitrogens is 1. The van der Waals surface area contributed by atoms with Gasteiger partial charge in [-0.15, -0.1) is 0 Å². The Bertz CT molecular complexity index is 350. The van der Waals surface area contributed by atoms with Crippen LogP contribution in [0.25, 0.3) is 6.08 Å².